The van der Waals surface area contributed by atoms with Gasteiger partial charge >= 0.3 is 0 Å². The number of aliphatic hydroxyl groups excluding tert-OH is 1. The Morgan fingerprint density at radius 1 is 1.27 bits per heavy atom. The van der Waals surface area contributed by atoms with Crippen LogP contribution in [0.15, 0.2) is 30.5 Å². The number of likely N-dealkylation sites (tertiary alicyclic amines) is 1. The van der Waals surface area contributed by atoms with Crippen LogP contribution in [0.5, 0.6) is 0 Å². The van der Waals surface area contributed by atoms with Crippen LogP contribution in [0.2, 0.25) is 0 Å². The number of likely N-dealkylation sites (N-methyl/N-ethyl adjacent to an activating group) is 1. The summed E-state index contributed by atoms with van der Waals surface area (Å²) in [5.41, 5.74) is 2.85. The SMILES string of the molecule is CCN1CCC(C)C(n2cc(-c3ccc(CO)cc3)nn2)C1. The first-order valence-corrected chi connectivity index (χ1v) is 8.05. The zero-order valence-corrected chi connectivity index (χ0v) is 13.3. The minimum atomic E-state index is 0.0689. The first-order valence-electron chi connectivity index (χ1n) is 8.05. The summed E-state index contributed by atoms with van der Waals surface area (Å²) in [7, 11) is 0. The number of aliphatic hydroxyl groups is 1. The maximum Gasteiger partial charge on any atom is 0.113 e. The Bertz CT molecular complexity index is 607. The molecule has 0 amide bonds. The van der Waals surface area contributed by atoms with E-state index in [1.165, 1.54) is 13.0 Å². The van der Waals surface area contributed by atoms with Crippen molar-refractivity contribution in [3.05, 3.63) is 36.0 Å². The molecule has 5 nitrogen and oxygen atoms in total. The van der Waals surface area contributed by atoms with Gasteiger partial charge in [0.1, 0.15) is 5.69 Å². The lowest BCUT2D eigenvalue weighted by Gasteiger charge is -2.36. The highest BCUT2D eigenvalue weighted by molar-refractivity contribution is 5.57. The van der Waals surface area contributed by atoms with Gasteiger partial charge in [0.15, 0.2) is 0 Å². The molecule has 1 fully saturated rings. The van der Waals surface area contributed by atoms with Crippen molar-refractivity contribution in [1.82, 2.24) is 19.9 Å². The minimum absolute atomic E-state index is 0.0689. The van der Waals surface area contributed by atoms with Gasteiger partial charge in [-0.25, -0.2) is 4.68 Å². The fourth-order valence-corrected chi connectivity index (χ4v) is 3.10. The largest absolute Gasteiger partial charge is 0.392 e. The van der Waals surface area contributed by atoms with E-state index in [1.54, 1.807) is 0 Å². The van der Waals surface area contributed by atoms with Gasteiger partial charge in [0.25, 0.3) is 0 Å². The first kappa shape index (κ1) is 15.2. The summed E-state index contributed by atoms with van der Waals surface area (Å²) in [6.45, 7) is 7.90. The molecule has 22 heavy (non-hydrogen) atoms. The van der Waals surface area contributed by atoms with E-state index >= 15 is 0 Å². The zero-order valence-electron chi connectivity index (χ0n) is 13.3. The first-order chi connectivity index (χ1) is 10.7. The molecular formula is C17H24N4O. The second kappa shape index (κ2) is 6.58. The molecule has 118 valence electrons. The molecule has 5 heteroatoms. The summed E-state index contributed by atoms with van der Waals surface area (Å²) >= 11 is 0. The van der Waals surface area contributed by atoms with Crippen LogP contribution in [-0.2, 0) is 6.61 Å². The molecule has 1 aromatic carbocycles. The Balaban J connectivity index is 1.80. The minimum Gasteiger partial charge on any atom is -0.392 e. The molecular weight excluding hydrogens is 276 g/mol. The lowest BCUT2D eigenvalue weighted by molar-refractivity contribution is 0.129. The highest BCUT2D eigenvalue weighted by Crippen LogP contribution is 2.28. The maximum atomic E-state index is 9.11. The number of rotatable bonds is 4. The smallest absolute Gasteiger partial charge is 0.113 e. The Labute approximate surface area is 131 Å². The van der Waals surface area contributed by atoms with Gasteiger partial charge in [-0.05, 0) is 31.0 Å². The van der Waals surface area contributed by atoms with Gasteiger partial charge in [-0.15, -0.1) is 5.10 Å². The van der Waals surface area contributed by atoms with Crippen molar-refractivity contribution < 1.29 is 5.11 Å². The second-order valence-corrected chi connectivity index (χ2v) is 6.17. The van der Waals surface area contributed by atoms with Gasteiger partial charge in [0, 0.05) is 12.1 Å². The Morgan fingerprint density at radius 3 is 2.73 bits per heavy atom. The molecule has 1 aliphatic rings. The normalized spacial score (nSPS) is 22.9. The van der Waals surface area contributed by atoms with E-state index in [0.29, 0.717) is 12.0 Å². The second-order valence-electron chi connectivity index (χ2n) is 6.17. The van der Waals surface area contributed by atoms with E-state index in [1.807, 2.05) is 35.1 Å². The van der Waals surface area contributed by atoms with Crippen molar-refractivity contribution in [1.29, 1.82) is 0 Å². The summed E-state index contributed by atoms with van der Waals surface area (Å²) in [6, 6.07) is 8.23. The molecule has 2 atom stereocenters. The number of benzene rings is 1. The van der Waals surface area contributed by atoms with Crippen LogP contribution < -0.4 is 0 Å². The van der Waals surface area contributed by atoms with E-state index in [4.69, 9.17) is 5.11 Å². The van der Waals surface area contributed by atoms with Crippen molar-refractivity contribution in [3.63, 3.8) is 0 Å². The Hall–Kier alpha value is -1.72. The van der Waals surface area contributed by atoms with Gasteiger partial charge < -0.3 is 10.0 Å². The quantitative estimate of drug-likeness (QED) is 0.941. The van der Waals surface area contributed by atoms with Crippen molar-refractivity contribution in [2.45, 2.75) is 32.9 Å². The molecule has 1 saturated heterocycles. The summed E-state index contributed by atoms with van der Waals surface area (Å²) in [4.78, 5) is 2.47. The third-order valence-electron chi connectivity index (χ3n) is 4.73. The molecule has 2 heterocycles. The molecule has 2 aromatic rings. The van der Waals surface area contributed by atoms with Gasteiger partial charge in [0.05, 0.1) is 18.8 Å². The highest BCUT2D eigenvalue weighted by atomic mass is 16.3. The summed E-state index contributed by atoms with van der Waals surface area (Å²) in [5, 5.41) is 17.8. The van der Waals surface area contributed by atoms with Crippen LogP contribution in [0.25, 0.3) is 11.3 Å². The van der Waals surface area contributed by atoms with Crippen LogP contribution in [-0.4, -0.2) is 44.6 Å². The Kier molecular flexibility index (Phi) is 4.55. The number of nitrogens with zero attached hydrogens (tertiary/aromatic N) is 4. The molecule has 2 unspecified atom stereocenters. The predicted molar refractivity (Wildman–Crippen MR) is 86.3 cm³/mol. The lowest BCUT2D eigenvalue weighted by Crippen LogP contribution is -2.40. The van der Waals surface area contributed by atoms with Crippen LogP contribution in [0.3, 0.4) is 0 Å². The summed E-state index contributed by atoms with van der Waals surface area (Å²) in [5.74, 6) is 0.620. The molecule has 0 spiro atoms. The van der Waals surface area contributed by atoms with Crippen molar-refractivity contribution in [2.24, 2.45) is 5.92 Å². The van der Waals surface area contributed by atoms with E-state index in [-0.39, 0.29) is 6.61 Å². The van der Waals surface area contributed by atoms with E-state index in [2.05, 4.69) is 29.1 Å². The third-order valence-corrected chi connectivity index (χ3v) is 4.73. The fourth-order valence-electron chi connectivity index (χ4n) is 3.10. The molecule has 0 radical (unpaired) electrons. The average molecular weight is 300 g/mol. The standard InChI is InChI=1S/C17H24N4O/c1-3-20-9-8-13(2)17(11-20)21-10-16(18-19-21)15-6-4-14(12-22)5-7-15/h4-7,10,13,17,22H,3,8-9,11-12H2,1-2H3. The highest BCUT2D eigenvalue weighted by Gasteiger charge is 2.27. The number of aromatic nitrogens is 3. The summed E-state index contributed by atoms with van der Waals surface area (Å²) < 4.78 is 2.03. The monoisotopic (exact) mass is 300 g/mol. The van der Waals surface area contributed by atoms with Crippen LogP contribution in [0.1, 0.15) is 31.9 Å². The maximum absolute atomic E-state index is 9.11. The van der Waals surface area contributed by atoms with Crippen LogP contribution in [0, 0.1) is 5.92 Å². The molecule has 0 bridgehead atoms. The molecule has 3 rings (SSSR count). The molecule has 1 aliphatic heterocycles. The molecule has 0 saturated carbocycles. The van der Waals surface area contributed by atoms with Crippen molar-refractivity contribution in [2.75, 3.05) is 19.6 Å². The van der Waals surface area contributed by atoms with E-state index in [9.17, 15) is 0 Å². The zero-order chi connectivity index (χ0) is 15.5. The molecule has 0 aliphatic carbocycles. The van der Waals surface area contributed by atoms with E-state index < -0.39 is 0 Å². The van der Waals surface area contributed by atoms with Gasteiger partial charge in [0.2, 0.25) is 0 Å². The number of hydrogen-bond acceptors (Lipinski definition) is 4. The van der Waals surface area contributed by atoms with Gasteiger partial charge in [-0.1, -0.05) is 43.3 Å². The van der Waals surface area contributed by atoms with Crippen LogP contribution >= 0.6 is 0 Å². The lowest BCUT2D eigenvalue weighted by atomic mass is 9.93. The third kappa shape index (κ3) is 3.05. The van der Waals surface area contributed by atoms with E-state index in [0.717, 1.165) is 29.9 Å². The molecule has 1 N–H and O–H groups in total. The predicted octanol–water partition coefficient (Wildman–Crippen LogP) is 2.34. The van der Waals surface area contributed by atoms with Crippen molar-refractivity contribution in [3.8, 4) is 11.3 Å². The van der Waals surface area contributed by atoms with Crippen molar-refractivity contribution >= 4 is 0 Å². The van der Waals surface area contributed by atoms with Gasteiger partial charge in [-0.3, -0.25) is 0 Å². The topological polar surface area (TPSA) is 54.2 Å². The van der Waals surface area contributed by atoms with Gasteiger partial charge in [-0.2, -0.15) is 0 Å². The summed E-state index contributed by atoms with van der Waals surface area (Å²) in [6.07, 6.45) is 3.26. The average Bonchev–Trinajstić information content (AvgIpc) is 3.05. The van der Waals surface area contributed by atoms with Crippen LogP contribution in [0.4, 0.5) is 0 Å². The Morgan fingerprint density at radius 2 is 2.05 bits per heavy atom. The number of piperidine rings is 1. The fraction of sp³-hybridized carbons (Fsp3) is 0.529. The molecule has 1 aromatic heterocycles. The number of hydrogen-bond donors (Lipinski definition) is 1.